The number of carbonyl (C=O) groups is 1. The highest BCUT2D eigenvalue weighted by Gasteiger charge is 2.40. The van der Waals surface area contributed by atoms with Gasteiger partial charge in [-0.25, -0.2) is 21.6 Å². The lowest BCUT2D eigenvalue weighted by Crippen LogP contribution is -2.37. The van der Waals surface area contributed by atoms with Crippen molar-refractivity contribution in [3.63, 3.8) is 0 Å². The highest BCUT2D eigenvalue weighted by atomic mass is 35.5. The van der Waals surface area contributed by atoms with Crippen molar-refractivity contribution < 1.29 is 36.9 Å². The molecule has 0 aliphatic carbocycles. The number of carbonyl (C=O) groups excluding carboxylic acids is 1. The smallest absolute Gasteiger partial charge is 0.372 e. The summed E-state index contributed by atoms with van der Waals surface area (Å²) in [5.41, 5.74) is 4.59. The van der Waals surface area contributed by atoms with Gasteiger partial charge in [-0.2, -0.15) is 9.56 Å². The molecule has 5 aromatic carbocycles. The summed E-state index contributed by atoms with van der Waals surface area (Å²) < 4.78 is 52.2. The van der Waals surface area contributed by atoms with Gasteiger partial charge in [-0.3, -0.25) is 4.89 Å². The number of sulfone groups is 1. The number of aliphatic hydroxyl groups excluding tert-OH is 1. The summed E-state index contributed by atoms with van der Waals surface area (Å²) in [6, 6.07) is 39.6. The number of rotatable bonds is 12. The molecule has 0 spiro atoms. The average Bonchev–Trinajstić information content (AvgIpc) is 3.67. The van der Waals surface area contributed by atoms with Gasteiger partial charge in [0.15, 0.2) is 9.84 Å². The summed E-state index contributed by atoms with van der Waals surface area (Å²) in [4.78, 5) is 14.8. The number of hydrogen-bond acceptors (Lipinski definition) is 8. The van der Waals surface area contributed by atoms with E-state index in [4.69, 9.17) is 16.9 Å². The maximum absolute atomic E-state index is 12.9. The molecule has 0 aromatic heterocycles. The third-order valence-corrected chi connectivity index (χ3v) is 13.4. The van der Waals surface area contributed by atoms with E-state index >= 15 is 0 Å². The van der Waals surface area contributed by atoms with Crippen LogP contribution in [0.25, 0.3) is 0 Å². The molecule has 3 atom stereocenters. The van der Waals surface area contributed by atoms with Crippen LogP contribution in [0.15, 0.2) is 156 Å². The van der Waals surface area contributed by atoms with Crippen molar-refractivity contribution >= 4 is 37.4 Å². The second-order valence-electron chi connectivity index (χ2n) is 13.5. The fourth-order valence-electron chi connectivity index (χ4n) is 6.34. The first-order chi connectivity index (χ1) is 26.8. The van der Waals surface area contributed by atoms with Crippen LogP contribution in [0.5, 0.6) is 0 Å². The quantitative estimate of drug-likeness (QED) is 0.0723. The van der Waals surface area contributed by atoms with Gasteiger partial charge in [-0.05, 0) is 98.5 Å². The molecule has 1 fully saturated rings. The Labute approximate surface area is 335 Å². The molecule has 5 aromatic rings. The number of halogens is 1. The molecule has 1 heterocycles. The molecule has 296 valence electrons. The summed E-state index contributed by atoms with van der Waals surface area (Å²) in [5.74, 6) is -0.344. The van der Waals surface area contributed by atoms with E-state index in [0.29, 0.717) is 29.3 Å². The molecule has 1 aliphatic rings. The topological polar surface area (TPSA) is 138 Å². The maximum Gasteiger partial charge on any atom is 0.372 e. The number of nitrogens with zero attached hydrogens (tertiary/aromatic N) is 1. The highest BCUT2D eigenvalue weighted by Crippen LogP contribution is 2.35. The number of sulfonamides is 1. The minimum atomic E-state index is -3.58. The van der Waals surface area contributed by atoms with Gasteiger partial charge < -0.3 is 5.11 Å². The minimum absolute atomic E-state index is 0.119. The minimum Gasteiger partial charge on any atom is -0.395 e. The Bertz CT molecular complexity index is 2220. The van der Waals surface area contributed by atoms with Crippen LogP contribution in [-0.4, -0.2) is 62.4 Å². The van der Waals surface area contributed by atoms with Gasteiger partial charge in [0, 0.05) is 17.6 Å². The van der Waals surface area contributed by atoms with Gasteiger partial charge in [0.2, 0.25) is 10.0 Å². The molecule has 0 radical (unpaired) electrons. The predicted octanol–water partition coefficient (Wildman–Crippen LogP) is 9.02. The Morgan fingerprint density at radius 3 is 1.95 bits per heavy atom. The van der Waals surface area contributed by atoms with Crippen molar-refractivity contribution in [2.24, 2.45) is 0 Å². The molecular formula is C44H48ClNO8S2. The molecular weight excluding hydrogens is 770 g/mol. The van der Waals surface area contributed by atoms with Crippen LogP contribution in [0.1, 0.15) is 63.7 Å². The van der Waals surface area contributed by atoms with E-state index in [9.17, 15) is 26.7 Å². The third kappa shape index (κ3) is 12.4. The monoisotopic (exact) mass is 817 g/mol. The lowest BCUT2D eigenvalue weighted by atomic mass is 9.93. The second kappa shape index (κ2) is 21.1. The SMILES string of the molecule is C=CCC(CCS(=O)(=O)c1ccc(C)cc1)c1ccccc1.Cc1ccc(S(=O)(=O)N2CC(c3ccccc3)CC2CO)cc1.O=C(OO)c1cccc(Cl)c1. The summed E-state index contributed by atoms with van der Waals surface area (Å²) in [6.07, 6.45) is 3.89. The van der Waals surface area contributed by atoms with E-state index in [0.717, 1.165) is 23.1 Å². The van der Waals surface area contributed by atoms with Crippen LogP contribution in [-0.2, 0) is 24.7 Å². The Balaban J connectivity index is 0.000000198. The molecule has 1 saturated heterocycles. The van der Waals surface area contributed by atoms with E-state index in [-0.39, 0.29) is 40.7 Å². The zero-order valence-corrected chi connectivity index (χ0v) is 33.8. The Morgan fingerprint density at radius 1 is 0.839 bits per heavy atom. The molecule has 0 amide bonds. The third-order valence-electron chi connectivity index (χ3n) is 9.45. The first kappa shape index (κ1) is 44.1. The van der Waals surface area contributed by atoms with Gasteiger partial charge in [0.05, 0.1) is 27.7 Å². The second-order valence-corrected chi connectivity index (χ2v) is 17.9. The normalized spacial score (nSPS) is 16.0. The average molecular weight is 818 g/mol. The van der Waals surface area contributed by atoms with Crippen molar-refractivity contribution in [3.8, 4) is 0 Å². The van der Waals surface area contributed by atoms with Crippen LogP contribution in [0.3, 0.4) is 0 Å². The Morgan fingerprint density at radius 2 is 1.41 bits per heavy atom. The van der Waals surface area contributed by atoms with Gasteiger partial charge in [-0.15, -0.1) is 6.58 Å². The van der Waals surface area contributed by atoms with Crippen molar-refractivity contribution in [1.82, 2.24) is 4.31 Å². The molecule has 9 nitrogen and oxygen atoms in total. The molecule has 3 unspecified atom stereocenters. The number of hydrogen-bond donors (Lipinski definition) is 2. The molecule has 0 saturated carbocycles. The van der Waals surface area contributed by atoms with Crippen LogP contribution < -0.4 is 0 Å². The van der Waals surface area contributed by atoms with Gasteiger partial charge in [0.1, 0.15) is 0 Å². The van der Waals surface area contributed by atoms with Crippen molar-refractivity contribution in [3.05, 3.63) is 179 Å². The summed E-state index contributed by atoms with van der Waals surface area (Å²) in [6.45, 7) is 7.91. The molecule has 1 aliphatic heterocycles. The number of benzene rings is 5. The van der Waals surface area contributed by atoms with E-state index in [1.54, 1.807) is 48.5 Å². The maximum atomic E-state index is 12.9. The fourth-order valence-corrected chi connectivity index (χ4v) is 9.58. The van der Waals surface area contributed by atoms with Crippen molar-refractivity contribution in [1.29, 1.82) is 0 Å². The largest absolute Gasteiger partial charge is 0.395 e. The van der Waals surface area contributed by atoms with E-state index in [2.05, 4.69) is 11.5 Å². The van der Waals surface area contributed by atoms with E-state index < -0.39 is 25.8 Å². The number of allylic oxidation sites excluding steroid dienone is 1. The van der Waals surface area contributed by atoms with E-state index in [1.165, 1.54) is 22.0 Å². The summed E-state index contributed by atoms with van der Waals surface area (Å²) in [7, 11) is -6.82. The molecule has 56 heavy (non-hydrogen) atoms. The van der Waals surface area contributed by atoms with Gasteiger partial charge in [-0.1, -0.05) is 120 Å². The zero-order valence-electron chi connectivity index (χ0n) is 31.4. The van der Waals surface area contributed by atoms with Crippen LogP contribution in [0.4, 0.5) is 0 Å². The zero-order chi connectivity index (χ0) is 40.7. The number of aryl methyl sites for hydroxylation is 2. The van der Waals surface area contributed by atoms with Crippen LogP contribution in [0, 0.1) is 13.8 Å². The Hall–Kier alpha value is -4.62. The Kier molecular flexibility index (Phi) is 16.6. The lowest BCUT2D eigenvalue weighted by molar-refractivity contribution is -0.182. The van der Waals surface area contributed by atoms with Crippen molar-refractivity contribution in [2.75, 3.05) is 18.9 Å². The molecule has 6 rings (SSSR count). The van der Waals surface area contributed by atoms with Crippen molar-refractivity contribution in [2.45, 2.75) is 60.8 Å². The van der Waals surface area contributed by atoms with Crippen LogP contribution in [0.2, 0.25) is 5.02 Å². The number of aliphatic hydroxyl groups is 1. The summed E-state index contributed by atoms with van der Waals surface area (Å²) >= 11 is 5.56. The van der Waals surface area contributed by atoms with Gasteiger partial charge in [0.25, 0.3) is 0 Å². The highest BCUT2D eigenvalue weighted by molar-refractivity contribution is 7.91. The standard InChI is InChI=1S/C19H22O2S.C18H21NO3S.C7H5ClO3/c1-3-7-17(18-8-5-4-6-9-18)14-15-22(20,21)19-12-10-16(2)11-13-19;1-14-7-9-18(10-8-14)23(21,22)19-12-16(11-17(19)13-20)15-5-3-2-4-6-15;8-6-3-1-2-5(4-6)7(9)11-10/h3-6,8-13,17H,1,7,14-15H2,2H3;2-10,16-17,20H,11-13H2,1H3;1-4,10H. The van der Waals surface area contributed by atoms with Gasteiger partial charge >= 0.3 is 5.97 Å². The van der Waals surface area contributed by atoms with E-state index in [1.807, 2.05) is 92.7 Å². The predicted molar refractivity (Wildman–Crippen MR) is 221 cm³/mol. The fraction of sp³-hybridized carbons (Fsp3) is 0.250. The first-order valence-corrected chi connectivity index (χ1v) is 21.6. The summed E-state index contributed by atoms with van der Waals surface area (Å²) in [5, 5.41) is 18.1. The lowest BCUT2D eigenvalue weighted by Gasteiger charge is -2.22. The first-order valence-electron chi connectivity index (χ1n) is 18.1. The molecule has 12 heteroatoms. The molecule has 0 bridgehead atoms. The molecule has 2 N–H and O–H groups in total. The van der Waals surface area contributed by atoms with Crippen LogP contribution >= 0.6 is 11.6 Å².